The third-order valence-electron chi connectivity index (χ3n) is 1.41. The zero-order chi connectivity index (χ0) is 10.0. The lowest BCUT2D eigenvalue weighted by molar-refractivity contribution is 0.145. The summed E-state index contributed by atoms with van der Waals surface area (Å²) >= 11 is 5.41. The Hall–Kier alpha value is -0.940. The van der Waals surface area contributed by atoms with Crippen molar-refractivity contribution in [1.82, 2.24) is 4.98 Å². The van der Waals surface area contributed by atoms with Gasteiger partial charge in [-0.1, -0.05) is 11.6 Å². The first-order chi connectivity index (χ1) is 6.06. The van der Waals surface area contributed by atoms with Gasteiger partial charge in [0.25, 0.3) is 6.43 Å². The second-order valence-corrected chi connectivity index (χ2v) is 2.69. The van der Waals surface area contributed by atoms with Crippen molar-refractivity contribution in [2.75, 3.05) is 0 Å². The molecule has 1 aromatic rings. The van der Waals surface area contributed by atoms with Gasteiger partial charge in [0, 0.05) is 0 Å². The maximum atomic E-state index is 12.1. The lowest BCUT2D eigenvalue weighted by atomic mass is 10.3. The molecule has 72 valence electrons. The number of nitrogens with zero attached hydrogens (tertiary/aromatic N) is 1. The van der Waals surface area contributed by atoms with Crippen molar-refractivity contribution in [3.05, 3.63) is 22.5 Å². The summed E-state index contributed by atoms with van der Waals surface area (Å²) in [6.45, 7) is -0.633. The Labute approximate surface area is 77.6 Å². The highest BCUT2D eigenvalue weighted by atomic mass is 35.5. The summed E-state index contributed by atoms with van der Waals surface area (Å²) in [6.07, 6.45) is -2.77. The number of aromatic nitrogens is 1. The minimum absolute atomic E-state index is 0.241. The summed E-state index contributed by atoms with van der Waals surface area (Å²) in [5.74, 6) is -0.464. The maximum Gasteiger partial charge on any atom is 0.280 e. The fourth-order valence-electron chi connectivity index (χ4n) is 0.799. The number of pyridine rings is 1. The number of rotatable bonds is 2. The molecule has 0 atom stereocenters. The molecule has 1 rings (SSSR count). The van der Waals surface area contributed by atoms with E-state index in [1.807, 2.05) is 0 Å². The number of aromatic hydroxyl groups is 1. The Morgan fingerprint density at radius 1 is 1.54 bits per heavy atom. The van der Waals surface area contributed by atoms with E-state index in [0.29, 0.717) is 0 Å². The Morgan fingerprint density at radius 2 is 2.15 bits per heavy atom. The predicted octanol–water partition coefficient (Wildman–Crippen LogP) is 1.87. The minimum Gasteiger partial charge on any atom is -0.504 e. The maximum absolute atomic E-state index is 12.1. The lowest BCUT2D eigenvalue weighted by Crippen LogP contribution is -1.97. The van der Waals surface area contributed by atoms with Crippen LogP contribution in [0.15, 0.2) is 6.07 Å². The second-order valence-electron chi connectivity index (χ2n) is 2.28. The Balaban J connectivity index is 3.22. The summed E-state index contributed by atoms with van der Waals surface area (Å²) in [5, 5.41) is 17.5. The molecular weight excluding hydrogens is 204 g/mol. The summed E-state index contributed by atoms with van der Waals surface area (Å²) < 4.78 is 24.2. The quantitative estimate of drug-likeness (QED) is 0.782. The van der Waals surface area contributed by atoms with Crippen LogP contribution in [0.2, 0.25) is 5.02 Å². The van der Waals surface area contributed by atoms with Crippen LogP contribution in [0, 0.1) is 0 Å². The van der Waals surface area contributed by atoms with Gasteiger partial charge >= 0.3 is 0 Å². The summed E-state index contributed by atoms with van der Waals surface area (Å²) in [5.41, 5.74) is -0.811. The smallest absolute Gasteiger partial charge is 0.280 e. The molecule has 3 nitrogen and oxygen atoms in total. The van der Waals surface area contributed by atoms with Gasteiger partial charge in [0.15, 0.2) is 5.75 Å². The van der Waals surface area contributed by atoms with Crippen molar-refractivity contribution in [2.24, 2.45) is 0 Å². The van der Waals surface area contributed by atoms with E-state index in [4.69, 9.17) is 21.8 Å². The van der Waals surface area contributed by atoms with Gasteiger partial charge in [-0.2, -0.15) is 0 Å². The zero-order valence-electron chi connectivity index (χ0n) is 6.34. The highest BCUT2D eigenvalue weighted by Gasteiger charge is 2.15. The van der Waals surface area contributed by atoms with E-state index in [1.54, 1.807) is 0 Å². The average molecular weight is 210 g/mol. The van der Waals surface area contributed by atoms with Crippen molar-refractivity contribution in [1.29, 1.82) is 0 Å². The molecule has 0 aromatic carbocycles. The first-order valence-electron chi connectivity index (χ1n) is 3.33. The molecule has 0 radical (unpaired) electrons. The van der Waals surface area contributed by atoms with Crippen molar-refractivity contribution in [2.45, 2.75) is 13.0 Å². The van der Waals surface area contributed by atoms with Gasteiger partial charge in [-0.15, -0.1) is 0 Å². The largest absolute Gasteiger partial charge is 0.504 e. The fourth-order valence-corrected chi connectivity index (χ4v) is 1.02. The van der Waals surface area contributed by atoms with Gasteiger partial charge in [0.2, 0.25) is 0 Å². The molecule has 0 bridgehead atoms. The molecule has 0 aliphatic heterocycles. The average Bonchev–Trinajstić information content (AvgIpc) is 2.09. The molecule has 6 heteroatoms. The van der Waals surface area contributed by atoms with Crippen molar-refractivity contribution < 1.29 is 19.0 Å². The Bertz CT molecular complexity index is 320. The summed E-state index contributed by atoms with van der Waals surface area (Å²) in [4.78, 5) is 3.32. The van der Waals surface area contributed by atoms with Crippen LogP contribution in [0.3, 0.4) is 0 Å². The molecule has 0 spiro atoms. The molecule has 0 saturated heterocycles. The van der Waals surface area contributed by atoms with E-state index in [0.717, 1.165) is 6.07 Å². The van der Waals surface area contributed by atoms with E-state index >= 15 is 0 Å². The SMILES string of the molecule is OCc1nc(C(F)F)cc(Cl)c1O. The van der Waals surface area contributed by atoms with Crippen LogP contribution in [-0.4, -0.2) is 15.2 Å². The molecule has 0 unspecified atom stereocenters. The molecule has 0 fully saturated rings. The summed E-state index contributed by atoms with van der Waals surface area (Å²) in [6, 6.07) is 0.862. The number of aliphatic hydroxyl groups excluding tert-OH is 1. The minimum atomic E-state index is -2.77. The first-order valence-corrected chi connectivity index (χ1v) is 3.71. The van der Waals surface area contributed by atoms with Gasteiger partial charge in [-0.05, 0) is 6.07 Å². The zero-order valence-corrected chi connectivity index (χ0v) is 7.09. The highest BCUT2D eigenvalue weighted by molar-refractivity contribution is 6.32. The molecule has 1 aromatic heterocycles. The van der Waals surface area contributed by atoms with Crippen LogP contribution in [0.5, 0.6) is 5.75 Å². The lowest BCUT2D eigenvalue weighted by Gasteiger charge is -2.05. The standard InChI is InChI=1S/C7H6ClF2NO2/c8-3-1-4(7(9)10)11-5(2-12)6(3)13/h1,7,12-13H,2H2. The van der Waals surface area contributed by atoms with E-state index in [-0.39, 0.29) is 10.7 Å². The van der Waals surface area contributed by atoms with E-state index in [9.17, 15) is 8.78 Å². The normalized spacial score (nSPS) is 10.8. The van der Waals surface area contributed by atoms with Gasteiger partial charge in [0.05, 0.1) is 11.6 Å². The molecule has 2 N–H and O–H groups in total. The Kier molecular flexibility index (Phi) is 3.00. The molecule has 0 saturated carbocycles. The Morgan fingerprint density at radius 3 is 2.62 bits per heavy atom. The topological polar surface area (TPSA) is 53.4 Å². The molecule has 1 heterocycles. The monoisotopic (exact) mass is 209 g/mol. The molecule has 0 aliphatic rings. The number of hydrogen-bond acceptors (Lipinski definition) is 3. The number of alkyl halides is 2. The number of aliphatic hydroxyl groups is 1. The van der Waals surface area contributed by atoms with Gasteiger partial charge < -0.3 is 10.2 Å². The third-order valence-corrected chi connectivity index (χ3v) is 1.70. The van der Waals surface area contributed by atoms with Gasteiger partial charge in [-0.25, -0.2) is 13.8 Å². The van der Waals surface area contributed by atoms with Crippen molar-refractivity contribution >= 4 is 11.6 Å². The second kappa shape index (κ2) is 3.85. The fraction of sp³-hybridized carbons (Fsp3) is 0.286. The van der Waals surface area contributed by atoms with E-state index in [2.05, 4.69) is 4.98 Å². The van der Waals surface area contributed by atoms with Crippen LogP contribution in [0.4, 0.5) is 8.78 Å². The van der Waals surface area contributed by atoms with Crippen molar-refractivity contribution in [3.63, 3.8) is 0 Å². The predicted molar refractivity (Wildman–Crippen MR) is 41.8 cm³/mol. The van der Waals surface area contributed by atoms with Gasteiger partial charge in [-0.3, -0.25) is 0 Å². The third kappa shape index (κ3) is 2.05. The van der Waals surface area contributed by atoms with Crippen LogP contribution in [0.25, 0.3) is 0 Å². The van der Waals surface area contributed by atoms with Crippen LogP contribution >= 0.6 is 11.6 Å². The molecular formula is C7H6ClF2NO2. The number of halogens is 3. The summed E-state index contributed by atoms with van der Waals surface area (Å²) in [7, 11) is 0. The molecule has 0 aliphatic carbocycles. The van der Waals surface area contributed by atoms with Crippen LogP contribution < -0.4 is 0 Å². The van der Waals surface area contributed by atoms with Crippen LogP contribution in [0.1, 0.15) is 17.8 Å². The van der Waals surface area contributed by atoms with E-state index < -0.39 is 24.5 Å². The van der Waals surface area contributed by atoms with Crippen LogP contribution in [-0.2, 0) is 6.61 Å². The highest BCUT2D eigenvalue weighted by Crippen LogP contribution is 2.30. The van der Waals surface area contributed by atoms with Crippen molar-refractivity contribution in [3.8, 4) is 5.75 Å². The number of hydrogen-bond donors (Lipinski definition) is 2. The molecule has 0 amide bonds. The van der Waals surface area contributed by atoms with Gasteiger partial charge in [0.1, 0.15) is 11.4 Å². The first kappa shape index (κ1) is 10.1. The van der Waals surface area contributed by atoms with E-state index in [1.165, 1.54) is 0 Å². The molecule has 13 heavy (non-hydrogen) atoms.